The van der Waals surface area contributed by atoms with Gasteiger partial charge in [-0.2, -0.15) is 0 Å². The predicted molar refractivity (Wildman–Crippen MR) is 70.4 cm³/mol. The van der Waals surface area contributed by atoms with E-state index < -0.39 is 11.4 Å². The van der Waals surface area contributed by atoms with Crippen LogP contribution in [0.5, 0.6) is 5.75 Å². The van der Waals surface area contributed by atoms with Crippen LogP contribution in [0.2, 0.25) is 5.02 Å². The van der Waals surface area contributed by atoms with Crippen molar-refractivity contribution in [3.8, 4) is 5.75 Å². The lowest BCUT2D eigenvalue weighted by Crippen LogP contribution is -2.38. The van der Waals surface area contributed by atoms with Crippen LogP contribution in [0.1, 0.15) is 37.7 Å². The zero-order valence-corrected chi connectivity index (χ0v) is 11.2. The summed E-state index contributed by atoms with van der Waals surface area (Å²) in [5, 5.41) is 10.1. The van der Waals surface area contributed by atoms with E-state index in [2.05, 4.69) is 0 Å². The second-order valence-electron chi connectivity index (χ2n) is 4.79. The second kappa shape index (κ2) is 5.19. The van der Waals surface area contributed by atoms with Crippen LogP contribution in [0.4, 0.5) is 0 Å². The fourth-order valence-corrected chi connectivity index (χ4v) is 3.12. The Balaban J connectivity index is 2.45. The van der Waals surface area contributed by atoms with Crippen LogP contribution in [0.25, 0.3) is 0 Å². The van der Waals surface area contributed by atoms with Gasteiger partial charge in [-0.3, -0.25) is 4.79 Å². The van der Waals surface area contributed by atoms with Gasteiger partial charge < -0.3 is 9.84 Å². The van der Waals surface area contributed by atoms with Crippen LogP contribution in [0.3, 0.4) is 0 Å². The van der Waals surface area contributed by atoms with Gasteiger partial charge in [-0.05, 0) is 30.5 Å². The van der Waals surface area contributed by atoms with Gasteiger partial charge in [0.15, 0.2) is 0 Å². The molecule has 0 aromatic heterocycles. The lowest BCUT2D eigenvalue weighted by atomic mass is 9.69. The molecule has 1 aromatic rings. The van der Waals surface area contributed by atoms with Crippen molar-refractivity contribution in [1.29, 1.82) is 0 Å². The molecular weight excluding hydrogens is 252 g/mol. The molecule has 18 heavy (non-hydrogen) atoms. The molecule has 3 nitrogen and oxygen atoms in total. The highest BCUT2D eigenvalue weighted by molar-refractivity contribution is 6.32. The fraction of sp³-hybridized carbons (Fsp3) is 0.500. The van der Waals surface area contributed by atoms with Crippen molar-refractivity contribution in [2.45, 2.75) is 37.5 Å². The summed E-state index contributed by atoms with van der Waals surface area (Å²) in [5.41, 5.74) is -0.0983. The molecule has 2 rings (SSSR count). The first kappa shape index (κ1) is 13.2. The molecule has 0 aliphatic heterocycles. The number of hydrogen-bond donors (Lipinski definition) is 1. The van der Waals surface area contributed by atoms with Crippen molar-refractivity contribution in [3.63, 3.8) is 0 Å². The molecule has 0 unspecified atom stereocenters. The van der Waals surface area contributed by atoms with Crippen molar-refractivity contribution in [2.24, 2.45) is 0 Å². The molecule has 1 N–H and O–H groups in total. The van der Waals surface area contributed by atoms with Crippen molar-refractivity contribution >= 4 is 17.6 Å². The van der Waals surface area contributed by atoms with Crippen LogP contribution in [-0.2, 0) is 10.2 Å². The number of ether oxygens (including phenoxy) is 1. The van der Waals surface area contributed by atoms with Gasteiger partial charge in [-0.15, -0.1) is 0 Å². The van der Waals surface area contributed by atoms with Crippen molar-refractivity contribution in [1.82, 2.24) is 0 Å². The Morgan fingerprint density at radius 2 is 2.00 bits per heavy atom. The zero-order valence-electron chi connectivity index (χ0n) is 10.4. The molecule has 1 aliphatic rings. The molecule has 0 spiro atoms. The van der Waals surface area contributed by atoms with E-state index in [4.69, 9.17) is 16.3 Å². The maximum absolute atomic E-state index is 11.7. The average Bonchev–Trinajstić information content (AvgIpc) is 2.39. The molecule has 0 radical (unpaired) electrons. The number of methoxy groups -OCH3 is 1. The number of carbonyl (C=O) groups is 1. The summed E-state index contributed by atoms with van der Waals surface area (Å²) >= 11 is 6.23. The number of benzene rings is 1. The van der Waals surface area contributed by atoms with Gasteiger partial charge in [-0.1, -0.05) is 36.9 Å². The molecule has 1 fully saturated rings. The van der Waals surface area contributed by atoms with E-state index in [0.29, 0.717) is 23.6 Å². The Bertz CT molecular complexity index is 450. The highest BCUT2D eigenvalue weighted by Gasteiger charge is 2.42. The van der Waals surface area contributed by atoms with E-state index in [1.165, 1.54) is 0 Å². The average molecular weight is 269 g/mol. The molecule has 1 saturated carbocycles. The van der Waals surface area contributed by atoms with Gasteiger partial charge in [0.05, 0.1) is 12.5 Å². The number of aliphatic carboxylic acids is 1. The highest BCUT2D eigenvalue weighted by atomic mass is 35.5. The minimum atomic E-state index is -0.818. The largest absolute Gasteiger partial charge is 0.497 e. The van der Waals surface area contributed by atoms with Crippen molar-refractivity contribution in [2.75, 3.05) is 7.11 Å². The summed E-state index contributed by atoms with van der Waals surface area (Å²) in [6.07, 6.45) is 4.30. The lowest BCUT2D eigenvalue weighted by molar-refractivity contribution is -0.145. The van der Waals surface area contributed by atoms with Gasteiger partial charge in [-0.25, -0.2) is 0 Å². The molecule has 98 valence electrons. The number of carboxylic acid groups (broad SMARTS) is 1. The van der Waals surface area contributed by atoms with E-state index in [0.717, 1.165) is 24.8 Å². The zero-order chi connectivity index (χ0) is 13.2. The molecular formula is C14H17ClO3. The van der Waals surface area contributed by atoms with Gasteiger partial charge in [0, 0.05) is 5.02 Å². The molecule has 0 atom stereocenters. The summed E-state index contributed by atoms with van der Waals surface area (Å²) < 4.78 is 5.10. The van der Waals surface area contributed by atoms with E-state index in [1.807, 2.05) is 0 Å². The second-order valence-corrected chi connectivity index (χ2v) is 5.20. The topological polar surface area (TPSA) is 46.5 Å². The fourth-order valence-electron chi connectivity index (χ4n) is 2.76. The molecule has 1 aliphatic carbocycles. The van der Waals surface area contributed by atoms with Crippen LogP contribution >= 0.6 is 11.6 Å². The van der Waals surface area contributed by atoms with Crippen LogP contribution in [0.15, 0.2) is 18.2 Å². The van der Waals surface area contributed by atoms with E-state index in [1.54, 1.807) is 25.3 Å². The summed E-state index contributed by atoms with van der Waals surface area (Å²) in [4.78, 5) is 11.7. The Morgan fingerprint density at radius 3 is 2.50 bits per heavy atom. The monoisotopic (exact) mass is 268 g/mol. The quantitative estimate of drug-likeness (QED) is 0.910. The third-order valence-corrected chi connectivity index (χ3v) is 4.12. The Morgan fingerprint density at radius 1 is 1.33 bits per heavy atom. The molecule has 0 saturated heterocycles. The third kappa shape index (κ3) is 2.19. The van der Waals surface area contributed by atoms with Crippen LogP contribution in [-0.4, -0.2) is 18.2 Å². The minimum Gasteiger partial charge on any atom is -0.497 e. The summed E-state index contributed by atoms with van der Waals surface area (Å²) in [7, 11) is 1.57. The maximum atomic E-state index is 11.7. The van der Waals surface area contributed by atoms with Crippen molar-refractivity contribution in [3.05, 3.63) is 28.8 Å². The van der Waals surface area contributed by atoms with E-state index >= 15 is 0 Å². The van der Waals surface area contributed by atoms with Crippen molar-refractivity contribution < 1.29 is 14.6 Å². The Kier molecular flexibility index (Phi) is 3.81. The minimum absolute atomic E-state index is 0.485. The molecule has 0 heterocycles. The van der Waals surface area contributed by atoms with Crippen LogP contribution < -0.4 is 4.74 Å². The van der Waals surface area contributed by atoms with Gasteiger partial charge in [0.25, 0.3) is 0 Å². The number of rotatable bonds is 3. The first-order valence-electron chi connectivity index (χ1n) is 6.17. The summed E-state index contributed by atoms with van der Waals surface area (Å²) in [5.74, 6) is -0.116. The Labute approximate surface area is 112 Å². The molecule has 4 heteroatoms. The number of hydrogen-bond acceptors (Lipinski definition) is 2. The SMILES string of the molecule is COc1ccc(C2(C(=O)O)CCCCC2)c(Cl)c1. The predicted octanol–water partition coefficient (Wildman–Crippen LogP) is 3.64. The maximum Gasteiger partial charge on any atom is 0.314 e. The van der Waals surface area contributed by atoms with Crippen LogP contribution in [0, 0.1) is 0 Å². The third-order valence-electron chi connectivity index (χ3n) is 3.81. The summed E-state index contributed by atoms with van der Waals surface area (Å²) in [6, 6.07) is 5.26. The first-order chi connectivity index (χ1) is 8.60. The molecule has 1 aromatic carbocycles. The first-order valence-corrected chi connectivity index (χ1v) is 6.55. The number of carboxylic acids is 1. The molecule has 0 bridgehead atoms. The van der Waals surface area contributed by atoms with E-state index in [-0.39, 0.29) is 0 Å². The van der Waals surface area contributed by atoms with Gasteiger partial charge in [0.1, 0.15) is 5.75 Å². The standard InChI is InChI=1S/C14H17ClO3/c1-18-10-5-6-11(12(15)9-10)14(13(16)17)7-3-2-4-8-14/h5-6,9H,2-4,7-8H2,1H3,(H,16,17). The smallest absolute Gasteiger partial charge is 0.314 e. The lowest BCUT2D eigenvalue weighted by Gasteiger charge is -2.34. The normalized spacial score (nSPS) is 18.3. The summed E-state index contributed by atoms with van der Waals surface area (Å²) in [6.45, 7) is 0. The number of halogens is 1. The Hall–Kier alpha value is -1.22. The highest BCUT2D eigenvalue weighted by Crippen LogP contribution is 2.43. The van der Waals surface area contributed by atoms with Gasteiger partial charge in [0.2, 0.25) is 0 Å². The molecule has 0 amide bonds. The van der Waals surface area contributed by atoms with E-state index in [9.17, 15) is 9.90 Å². The van der Waals surface area contributed by atoms with Gasteiger partial charge >= 0.3 is 5.97 Å².